The van der Waals surface area contributed by atoms with Gasteiger partial charge >= 0.3 is 11.9 Å². The second kappa shape index (κ2) is 7.05. The summed E-state index contributed by atoms with van der Waals surface area (Å²) >= 11 is 0. The molecule has 0 unspecified atom stereocenters. The van der Waals surface area contributed by atoms with Gasteiger partial charge in [-0.1, -0.05) is 0 Å². The minimum atomic E-state index is -1.26. The van der Waals surface area contributed by atoms with Crippen LogP contribution in [-0.2, 0) is 9.59 Å². The Morgan fingerprint density at radius 3 is 1.50 bits per heavy atom. The van der Waals surface area contributed by atoms with Gasteiger partial charge < -0.3 is 21.7 Å². The van der Waals surface area contributed by atoms with Crippen LogP contribution in [-0.4, -0.2) is 34.2 Å². The molecule has 14 heavy (non-hydrogen) atoms. The van der Waals surface area contributed by atoms with E-state index in [-0.39, 0.29) is 5.54 Å². The van der Waals surface area contributed by atoms with Crippen LogP contribution in [0.2, 0.25) is 0 Å². The van der Waals surface area contributed by atoms with Crippen molar-refractivity contribution in [3.05, 3.63) is 12.2 Å². The SMILES string of the molecule is CC(C)(N)CN.O=C(O)/C=C\C(=O)O. The van der Waals surface area contributed by atoms with Gasteiger partial charge in [0, 0.05) is 24.2 Å². The quantitative estimate of drug-likeness (QED) is 0.454. The number of carboxylic acids is 2. The standard InChI is InChI=1S/C4H12N2.C4H4O4/c1-4(2,6)3-5;5-3(6)1-2-4(7)8/h3,5-6H2,1-2H3;1-2H,(H,5,6)(H,7,8)/b;2-1-. The van der Waals surface area contributed by atoms with Crippen LogP contribution in [0.25, 0.3) is 0 Å². The van der Waals surface area contributed by atoms with Crippen LogP contribution < -0.4 is 11.5 Å². The summed E-state index contributed by atoms with van der Waals surface area (Å²) in [6, 6.07) is 0. The third-order valence-electron chi connectivity index (χ3n) is 0.895. The summed E-state index contributed by atoms with van der Waals surface area (Å²) in [7, 11) is 0. The number of nitrogens with two attached hydrogens (primary N) is 2. The molecular formula is C8H16N2O4. The molecule has 0 aliphatic rings. The molecule has 0 spiro atoms. The summed E-state index contributed by atoms with van der Waals surface area (Å²) in [4.78, 5) is 19.1. The second-order valence-electron chi connectivity index (χ2n) is 3.20. The average molecular weight is 204 g/mol. The first-order chi connectivity index (χ1) is 6.19. The first kappa shape index (κ1) is 15.1. The lowest BCUT2D eigenvalue weighted by atomic mass is 10.1. The number of hydrogen-bond donors (Lipinski definition) is 4. The van der Waals surface area contributed by atoms with E-state index in [1.54, 1.807) is 0 Å². The zero-order chi connectivity index (χ0) is 11.8. The molecule has 0 saturated heterocycles. The Kier molecular flexibility index (Phi) is 7.60. The van der Waals surface area contributed by atoms with E-state index in [1.807, 2.05) is 13.8 Å². The monoisotopic (exact) mass is 204 g/mol. The van der Waals surface area contributed by atoms with Crippen molar-refractivity contribution in [3.8, 4) is 0 Å². The molecule has 0 aromatic rings. The summed E-state index contributed by atoms with van der Waals surface area (Å²) in [5, 5.41) is 15.6. The second-order valence-corrected chi connectivity index (χ2v) is 3.20. The van der Waals surface area contributed by atoms with Crippen molar-refractivity contribution in [2.45, 2.75) is 19.4 Å². The Bertz CT molecular complexity index is 202. The number of rotatable bonds is 3. The third-order valence-corrected chi connectivity index (χ3v) is 0.895. The van der Waals surface area contributed by atoms with Gasteiger partial charge in [0.05, 0.1) is 0 Å². The Morgan fingerprint density at radius 2 is 1.43 bits per heavy atom. The van der Waals surface area contributed by atoms with Crippen LogP contribution in [0.5, 0.6) is 0 Å². The maximum atomic E-state index is 9.55. The van der Waals surface area contributed by atoms with Crippen molar-refractivity contribution < 1.29 is 19.8 Å². The molecule has 0 rings (SSSR count). The molecule has 0 aliphatic carbocycles. The van der Waals surface area contributed by atoms with Crippen LogP contribution in [0.3, 0.4) is 0 Å². The first-order valence-corrected chi connectivity index (χ1v) is 3.82. The molecular weight excluding hydrogens is 188 g/mol. The zero-order valence-electron chi connectivity index (χ0n) is 8.23. The summed E-state index contributed by atoms with van der Waals surface area (Å²) in [6.07, 6.45) is 1.12. The highest BCUT2D eigenvalue weighted by atomic mass is 16.4. The van der Waals surface area contributed by atoms with Crippen LogP contribution >= 0.6 is 0 Å². The van der Waals surface area contributed by atoms with E-state index in [0.29, 0.717) is 18.7 Å². The number of aliphatic carboxylic acids is 2. The lowest BCUT2D eigenvalue weighted by molar-refractivity contribution is -0.134. The van der Waals surface area contributed by atoms with E-state index in [2.05, 4.69) is 0 Å². The van der Waals surface area contributed by atoms with Gasteiger partial charge in [0.2, 0.25) is 0 Å². The van der Waals surface area contributed by atoms with Crippen LogP contribution in [0.4, 0.5) is 0 Å². The Morgan fingerprint density at radius 1 is 1.21 bits per heavy atom. The van der Waals surface area contributed by atoms with Gasteiger partial charge in [-0.3, -0.25) is 0 Å². The molecule has 82 valence electrons. The molecule has 0 radical (unpaired) electrons. The van der Waals surface area contributed by atoms with Gasteiger partial charge in [-0.15, -0.1) is 0 Å². The highest BCUT2D eigenvalue weighted by Gasteiger charge is 2.04. The molecule has 6 nitrogen and oxygen atoms in total. The molecule has 0 amide bonds. The summed E-state index contributed by atoms with van der Waals surface area (Å²) in [5.74, 6) is -2.51. The van der Waals surface area contributed by atoms with Crippen molar-refractivity contribution in [2.75, 3.05) is 6.54 Å². The fraction of sp³-hybridized carbons (Fsp3) is 0.500. The zero-order valence-corrected chi connectivity index (χ0v) is 8.23. The number of carbonyl (C=O) groups is 2. The molecule has 0 aliphatic heterocycles. The maximum Gasteiger partial charge on any atom is 0.328 e. The summed E-state index contributed by atoms with van der Waals surface area (Å²) < 4.78 is 0. The lowest BCUT2D eigenvalue weighted by Crippen LogP contribution is -2.40. The van der Waals surface area contributed by atoms with Crippen molar-refractivity contribution in [3.63, 3.8) is 0 Å². The van der Waals surface area contributed by atoms with E-state index in [1.165, 1.54) is 0 Å². The van der Waals surface area contributed by atoms with E-state index in [4.69, 9.17) is 21.7 Å². The van der Waals surface area contributed by atoms with Gasteiger partial charge in [0.25, 0.3) is 0 Å². The topological polar surface area (TPSA) is 127 Å². The highest BCUT2D eigenvalue weighted by molar-refractivity contribution is 5.89. The minimum absolute atomic E-state index is 0.181. The molecule has 0 aromatic carbocycles. The van der Waals surface area contributed by atoms with Crippen molar-refractivity contribution in [1.29, 1.82) is 0 Å². The molecule has 0 atom stereocenters. The Hall–Kier alpha value is -1.40. The van der Waals surface area contributed by atoms with Gasteiger partial charge in [-0.05, 0) is 13.8 Å². The third kappa shape index (κ3) is 22.4. The molecule has 0 fully saturated rings. The summed E-state index contributed by atoms with van der Waals surface area (Å²) in [5.41, 5.74) is 10.4. The van der Waals surface area contributed by atoms with Crippen molar-refractivity contribution in [1.82, 2.24) is 0 Å². The molecule has 0 heterocycles. The average Bonchev–Trinajstić information content (AvgIpc) is 2.01. The van der Waals surface area contributed by atoms with Crippen molar-refractivity contribution in [2.24, 2.45) is 11.5 Å². The van der Waals surface area contributed by atoms with Gasteiger partial charge in [0.15, 0.2) is 0 Å². The van der Waals surface area contributed by atoms with Crippen LogP contribution in [0, 0.1) is 0 Å². The smallest absolute Gasteiger partial charge is 0.328 e. The number of carboxylic acid groups (broad SMARTS) is 2. The van der Waals surface area contributed by atoms with Crippen LogP contribution in [0.1, 0.15) is 13.8 Å². The largest absolute Gasteiger partial charge is 0.478 e. The van der Waals surface area contributed by atoms with Crippen LogP contribution in [0.15, 0.2) is 12.2 Å². The van der Waals surface area contributed by atoms with Crippen molar-refractivity contribution >= 4 is 11.9 Å². The van der Waals surface area contributed by atoms with Gasteiger partial charge in [-0.25, -0.2) is 9.59 Å². The predicted octanol–water partition coefficient (Wildman–Crippen LogP) is -0.606. The predicted molar refractivity (Wildman–Crippen MR) is 51.7 cm³/mol. The summed E-state index contributed by atoms with van der Waals surface area (Å²) in [6.45, 7) is 4.34. The van der Waals surface area contributed by atoms with E-state index in [0.717, 1.165) is 0 Å². The van der Waals surface area contributed by atoms with E-state index < -0.39 is 11.9 Å². The highest BCUT2D eigenvalue weighted by Crippen LogP contribution is 1.88. The lowest BCUT2D eigenvalue weighted by Gasteiger charge is -2.13. The Balaban J connectivity index is 0. The fourth-order valence-corrected chi connectivity index (χ4v) is 0.143. The minimum Gasteiger partial charge on any atom is -0.478 e. The molecule has 0 bridgehead atoms. The first-order valence-electron chi connectivity index (χ1n) is 3.82. The van der Waals surface area contributed by atoms with E-state index >= 15 is 0 Å². The maximum absolute atomic E-state index is 9.55. The van der Waals surface area contributed by atoms with Gasteiger partial charge in [0.1, 0.15) is 0 Å². The fourth-order valence-electron chi connectivity index (χ4n) is 0.143. The van der Waals surface area contributed by atoms with E-state index in [9.17, 15) is 9.59 Å². The molecule has 6 N–H and O–H groups in total. The van der Waals surface area contributed by atoms with Gasteiger partial charge in [-0.2, -0.15) is 0 Å². The number of hydrogen-bond acceptors (Lipinski definition) is 4. The molecule has 0 saturated carbocycles. The molecule has 0 aromatic heterocycles. The Labute approximate surface area is 82.2 Å². The normalized spacial score (nSPS) is 10.6. The molecule has 6 heteroatoms.